The van der Waals surface area contributed by atoms with E-state index in [-0.39, 0.29) is 0 Å². The monoisotopic (exact) mass is 260 g/mol. The van der Waals surface area contributed by atoms with Crippen molar-refractivity contribution in [3.63, 3.8) is 0 Å². The van der Waals surface area contributed by atoms with Gasteiger partial charge >= 0.3 is 0 Å². The molecule has 0 aliphatic carbocycles. The zero-order valence-corrected chi connectivity index (χ0v) is 12.6. The van der Waals surface area contributed by atoms with E-state index in [0.29, 0.717) is 10.5 Å². The van der Waals surface area contributed by atoms with Crippen LogP contribution in [0, 0.1) is 0 Å². The molecule has 2 aromatic rings. The van der Waals surface area contributed by atoms with Crippen LogP contribution in [0.1, 0.15) is 18.1 Å². The first-order valence-electron chi connectivity index (χ1n) is 6.02. The van der Waals surface area contributed by atoms with Gasteiger partial charge < -0.3 is 4.43 Å². The smallest absolute Gasteiger partial charge is 0.147 e. The summed E-state index contributed by atoms with van der Waals surface area (Å²) in [5.74, 6) is 0. The van der Waals surface area contributed by atoms with Gasteiger partial charge in [0.15, 0.2) is 0 Å². The molecule has 0 aliphatic heterocycles. The van der Waals surface area contributed by atoms with Crippen molar-refractivity contribution < 1.29 is 8.82 Å². The standard InChI is InChI=1S/C15H17FOSi/c1-12(16)15(17-18,13-8-4-2-5-9-13)14-10-6-3-7-11-14/h2-12H,1,18H3. The van der Waals surface area contributed by atoms with Crippen LogP contribution in [0.3, 0.4) is 0 Å². The molecule has 0 heterocycles. The van der Waals surface area contributed by atoms with Crippen LogP contribution in [0.25, 0.3) is 0 Å². The summed E-state index contributed by atoms with van der Waals surface area (Å²) in [5, 5.41) is 0. The Morgan fingerprint density at radius 2 is 1.33 bits per heavy atom. The molecule has 1 atom stereocenters. The quantitative estimate of drug-likeness (QED) is 0.768. The fraction of sp³-hybridized carbons (Fsp3) is 0.200. The highest BCUT2D eigenvalue weighted by molar-refractivity contribution is 5.98. The minimum absolute atomic E-state index is 0.474. The molecule has 0 aromatic heterocycles. The highest BCUT2D eigenvalue weighted by Gasteiger charge is 2.39. The van der Waals surface area contributed by atoms with Gasteiger partial charge in [-0.05, 0) is 18.1 Å². The van der Waals surface area contributed by atoms with E-state index in [2.05, 4.69) is 0 Å². The Morgan fingerprint density at radius 3 is 1.61 bits per heavy atom. The van der Waals surface area contributed by atoms with Crippen LogP contribution in [-0.2, 0) is 10.0 Å². The highest BCUT2D eigenvalue weighted by Crippen LogP contribution is 2.37. The Hall–Kier alpha value is -1.45. The molecule has 94 valence electrons. The second-order valence-electron chi connectivity index (χ2n) is 4.29. The Morgan fingerprint density at radius 1 is 0.944 bits per heavy atom. The minimum atomic E-state index is -1.11. The molecule has 2 rings (SSSR count). The SMILES string of the molecule is CC(F)C(O[SiH3])(c1ccccc1)c1ccccc1. The van der Waals surface area contributed by atoms with Crippen LogP contribution in [0.15, 0.2) is 60.7 Å². The van der Waals surface area contributed by atoms with Crippen molar-refractivity contribution in [2.75, 3.05) is 0 Å². The van der Waals surface area contributed by atoms with Crippen molar-refractivity contribution in [3.05, 3.63) is 71.8 Å². The Balaban J connectivity index is 2.61. The molecule has 0 spiro atoms. The third-order valence-corrected chi connectivity index (χ3v) is 3.93. The second-order valence-corrected chi connectivity index (χ2v) is 4.70. The van der Waals surface area contributed by atoms with Crippen LogP contribution in [0.5, 0.6) is 0 Å². The minimum Gasteiger partial charge on any atom is -0.412 e. The van der Waals surface area contributed by atoms with E-state index in [9.17, 15) is 4.39 Å². The lowest BCUT2D eigenvalue weighted by molar-refractivity contribution is 0.0373. The maximum Gasteiger partial charge on any atom is 0.147 e. The lowest BCUT2D eigenvalue weighted by Crippen LogP contribution is -2.39. The van der Waals surface area contributed by atoms with E-state index in [4.69, 9.17) is 4.43 Å². The van der Waals surface area contributed by atoms with Crippen LogP contribution in [-0.4, -0.2) is 16.7 Å². The van der Waals surface area contributed by atoms with Crippen LogP contribution in [0.4, 0.5) is 4.39 Å². The topological polar surface area (TPSA) is 9.23 Å². The summed E-state index contributed by atoms with van der Waals surface area (Å²) in [6, 6.07) is 19.2. The maximum absolute atomic E-state index is 14.3. The van der Waals surface area contributed by atoms with Gasteiger partial charge in [0, 0.05) is 0 Å². The van der Waals surface area contributed by atoms with Gasteiger partial charge in [0.2, 0.25) is 0 Å². The van der Waals surface area contributed by atoms with E-state index in [1.165, 1.54) is 0 Å². The van der Waals surface area contributed by atoms with E-state index in [0.717, 1.165) is 11.1 Å². The first-order valence-corrected chi connectivity index (χ1v) is 6.83. The van der Waals surface area contributed by atoms with Crippen molar-refractivity contribution >= 4 is 10.5 Å². The molecule has 0 radical (unpaired) electrons. The first-order chi connectivity index (χ1) is 8.71. The van der Waals surface area contributed by atoms with Crippen molar-refractivity contribution in [2.24, 2.45) is 0 Å². The zero-order chi connectivity index (χ0) is 13.0. The van der Waals surface area contributed by atoms with Gasteiger partial charge in [-0.1, -0.05) is 60.7 Å². The molecule has 0 aliphatic rings. The number of hydrogen-bond donors (Lipinski definition) is 0. The molecule has 0 N–H and O–H groups in total. The van der Waals surface area contributed by atoms with Gasteiger partial charge in [-0.15, -0.1) is 0 Å². The predicted octanol–water partition coefficient (Wildman–Crippen LogP) is 2.59. The average molecular weight is 260 g/mol. The molecule has 2 aromatic carbocycles. The molecule has 18 heavy (non-hydrogen) atoms. The average Bonchev–Trinajstić information content (AvgIpc) is 2.42. The molecule has 1 unspecified atom stereocenters. The molecule has 3 heteroatoms. The Kier molecular flexibility index (Phi) is 3.94. The molecule has 1 nitrogen and oxygen atoms in total. The van der Waals surface area contributed by atoms with Crippen molar-refractivity contribution in [1.29, 1.82) is 0 Å². The van der Waals surface area contributed by atoms with Gasteiger partial charge in [-0.3, -0.25) is 0 Å². The Labute approximate surface area is 110 Å². The fourth-order valence-electron chi connectivity index (χ4n) is 2.40. The highest BCUT2D eigenvalue weighted by atomic mass is 28.2. The van der Waals surface area contributed by atoms with E-state index >= 15 is 0 Å². The summed E-state index contributed by atoms with van der Waals surface area (Å²) in [6.07, 6.45) is -1.11. The summed E-state index contributed by atoms with van der Waals surface area (Å²) in [4.78, 5) is 0. The Bertz CT molecular complexity index is 445. The van der Waals surface area contributed by atoms with Gasteiger partial charge in [-0.2, -0.15) is 0 Å². The summed E-state index contributed by atoms with van der Waals surface area (Å²) in [6.45, 7) is 1.55. The summed E-state index contributed by atoms with van der Waals surface area (Å²) in [5.41, 5.74) is 0.747. The maximum atomic E-state index is 14.3. The molecular formula is C15H17FOSi. The van der Waals surface area contributed by atoms with Gasteiger partial charge in [0.05, 0.1) is 0 Å². The zero-order valence-electron chi connectivity index (χ0n) is 10.6. The number of alkyl halides is 1. The number of hydrogen-bond acceptors (Lipinski definition) is 1. The number of benzene rings is 2. The van der Waals surface area contributed by atoms with Crippen LogP contribution >= 0.6 is 0 Å². The van der Waals surface area contributed by atoms with E-state index in [1.807, 2.05) is 60.7 Å². The van der Waals surface area contributed by atoms with Gasteiger partial charge in [0.1, 0.15) is 22.3 Å². The van der Waals surface area contributed by atoms with Crippen LogP contribution < -0.4 is 0 Å². The number of rotatable bonds is 4. The second kappa shape index (κ2) is 5.46. The fourth-order valence-corrected chi connectivity index (χ4v) is 3.19. The summed E-state index contributed by atoms with van der Waals surface area (Å²) in [7, 11) is 0.474. The molecular weight excluding hydrogens is 243 g/mol. The third-order valence-electron chi connectivity index (χ3n) is 3.29. The summed E-state index contributed by atoms with van der Waals surface area (Å²) < 4.78 is 20.0. The number of halogens is 1. The van der Waals surface area contributed by atoms with Crippen LogP contribution in [0.2, 0.25) is 0 Å². The van der Waals surface area contributed by atoms with Gasteiger partial charge in [-0.25, -0.2) is 4.39 Å². The largest absolute Gasteiger partial charge is 0.412 e. The molecule has 0 fully saturated rings. The summed E-state index contributed by atoms with van der Waals surface area (Å²) >= 11 is 0. The van der Waals surface area contributed by atoms with Crippen molar-refractivity contribution in [3.8, 4) is 0 Å². The molecule has 0 bridgehead atoms. The molecule has 0 amide bonds. The lowest BCUT2D eigenvalue weighted by Gasteiger charge is -2.35. The lowest BCUT2D eigenvalue weighted by atomic mass is 9.83. The van der Waals surface area contributed by atoms with E-state index in [1.54, 1.807) is 6.92 Å². The van der Waals surface area contributed by atoms with Gasteiger partial charge in [0.25, 0.3) is 0 Å². The normalized spacial score (nSPS) is 13.4. The first kappa shape index (κ1) is 13.0. The van der Waals surface area contributed by atoms with E-state index < -0.39 is 11.8 Å². The predicted molar refractivity (Wildman–Crippen MR) is 75.3 cm³/mol. The van der Waals surface area contributed by atoms with Crippen molar-refractivity contribution in [2.45, 2.75) is 18.7 Å². The molecule has 0 saturated carbocycles. The molecule has 0 saturated heterocycles. The van der Waals surface area contributed by atoms with Crippen molar-refractivity contribution in [1.82, 2.24) is 0 Å². The third kappa shape index (κ3) is 2.11.